The highest BCUT2D eigenvalue weighted by atomic mass is 35.5. The van der Waals surface area contributed by atoms with Crippen LogP contribution in [-0.4, -0.2) is 35.7 Å². The smallest absolute Gasteiger partial charge is 0.247 e. The first-order valence-electron chi connectivity index (χ1n) is 10.6. The van der Waals surface area contributed by atoms with Gasteiger partial charge < -0.3 is 15.0 Å². The minimum absolute atomic E-state index is 0.0909. The van der Waals surface area contributed by atoms with Crippen LogP contribution < -0.4 is 10.1 Å². The molecule has 5 nitrogen and oxygen atoms in total. The van der Waals surface area contributed by atoms with Crippen LogP contribution >= 0.6 is 11.6 Å². The number of carbonyl (C=O) groups excluding carboxylic acids is 2. The summed E-state index contributed by atoms with van der Waals surface area (Å²) in [6, 6.07) is 12.2. The molecule has 0 spiro atoms. The van der Waals surface area contributed by atoms with Crippen molar-refractivity contribution in [1.29, 1.82) is 0 Å². The number of rotatable bonds is 8. The van der Waals surface area contributed by atoms with E-state index < -0.39 is 6.04 Å². The quantitative estimate of drug-likeness (QED) is 0.603. The van der Waals surface area contributed by atoms with Gasteiger partial charge in [0.05, 0.1) is 7.11 Å². The number of nitrogens with zero attached hydrogens (tertiary/aromatic N) is 1. The van der Waals surface area contributed by atoms with Crippen molar-refractivity contribution in [3.8, 4) is 5.75 Å². The lowest BCUT2D eigenvalue weighted by Crippen LogP contribution is -2.47. The summed E-state index contributed by atoms with van der Waals surface area (Å²) in [5.41, 5.74) is 1.34. The van der Waals surface area contributed by atoms with E-state index in [0.29, 0.717) is 16.9 Å². The molecule has 0 bridgehead atoms. The predicted octanol–water partition coefficient (Wildman–Crippen LogP) is 4.59. The Balaban J connectivity index is 1.95. The maximum absolute atomic E-state index is 13.5. The molecule has 1 fully saturated rings. The van der Waals surface area contributed by atoms with Gasteiger partial charge in [0.2, 0.25) is 11.8 Å². The van der Waals surface area contributed by atoms with Gasteiger partial charge in [-0.3, -0.25) is 9.59 Å². The van der Waals surface area contributed by atoms with E-state index in [0.717, 1.165) is 25.7 Å². The molecule has 2 aromatic carbocycles. The van der Waals surface area contributed by atoms with Crippen molar-refractivity contribution in [3.63, 3.8) is 0 Å². The lowest BCUT2D eigenvalue weighted by atomic mass is 9.94. The number of nitrogens with one attached hydrogen (secondary N) is 1. The normalized spacial score (nSPS) is 15.2. The fourth-order valence-corrected chi connectivity index (χ4v) is 4.15. The summed E-state index contributed by atoms with van der Waals surface area (Å²) in [5.74, 6) is -0.664. The second-order valence-corrected chi connectivity index (χ2v) is 8.07. The van der Waals surface area contributed by atoms with Gasteiger partial charge in [-0.25, -0.2) is 4.39 Å². The van der Waals surface area contributed by atoms with Crippen molar-refractivity contribution in [2.24, 2.45) is 0 Å². The number of alkyl halides is 1. The molecule has 0 unspecified atom stereocenters. The van der Waals surface area contributed by atoms with Crippen molar-refractivity contribution < 1.29 is 18.7 Å². The zero-order valence-electron chi connectivity index (χ0n) is 17.7. The van der Waals surface area contributed by atoms with E-state index in [1.165, 1.54) is 23.5 Å². The summed E-state index contributed by atoms with van der Waals surface area (Å²) in [6.07, 6.45) is 5.19. The minimum Gasteiger partial charge on any atom is -0.497 e. The Morgan fingerprint density at radius 3 is 2.52 bits per heavy atom. The predicted molar refractivity (Wildman–Crippen MR) is 118 cm³/mol. The first-order valence-corrected chi connectivity index (χ1v) is 11.1. The van der Waals surface area contributed by atoms with Crippen molar-refractivity contribution in [3.05, 3.63) is 65.5 Å². The fourth-order valence-electron chi connectivity index (χ4n) is 4.00. The van der Waals surface area contributed by atoms with E-state index in [1.807, 2.05) is 0 Å². The number of amides is 2. The third kappa shape index (κ3) is 6.20. The summed E-state index contributed by atoms with van der Waals surface area (Å²) in [6.45, 7) is 0.131. The third-order valence-corrected chi connectivity index (χ3v) is 5.85. The van der Waals surface area contributed by atoms with Gasteiger partial charge in [-0.1, -0.05) is 43.5 Å². The monoisotopic (exact) mass is 446 g/mol. The number of methoxy groups -OCH3 is 1. The molecular weight excluding hydrogens is 419 g/mol. The lowest BCUT2D eigenvalue weighted by Gasteiger charge is -2.33. The Morgan fingerprint density at radius 2 is 1.87 bits per heavy atom. The Kier molecular flexibility index (Phi) is 8.29. The van der Waals surface area contributed by atoms with E-state index in [4.69, 9.17) is 16.3 Å². The van der Waals surface area contributed by atoms with Crippen LogP contribution in [0.25, 0.3) is 0 Å². The van der Waals surface area contributed by atoms with Gasteiger partial charge in [0.1, 0.15) is 23.5 Å². The van der Waals surface area contributed by atoms with Crippen LogP contribution in [0.15, 0.2) is 48.5 Å². The van der Waals surface area contributed by atoms with E-state index in [-0.39, 0.29) is 36.1 Å². The number of carbonyl (C=O) groups is 2. The van der Waals surface area contributed by atoms with Crippen LogP contribution in [0.1, 0.15) is 49.3 Å². The molecule has 0 aromatic heterocycles. The number of hydrogen-bond donors (Lipinski definition) is 1. The maximum atomic E-state index is 13.5. The van der Waals surface area contributed by atoms with Gasteiger partial charge >= 0.3 is 0 Å². The topological polar surface area (TPSA) is 58.6 Å². The molecule has 7 heteroatoms. The highest BCUT2D eigenvalue weighted by molar-refractivity contribution is 6.27. The molecule has 0 aliphatic heterocycles. The molecule has 0 heterocycles. The van der Waals surface area contributed by atoms with Crippen molar-refractivity contribution >= 4 is 23.4 Å². The molecule has 0 saturated heterocycles. The largest absolute Gasteiger partial charge is 0.497 e. The second-order valence-electron chi connectivity index (χ2n) is 7.80. The van der Waals surface area contributed by atoms with Crippen LogP contribution in [-0.2, 0) is 16.1 Å². The van der Waals surface area contributed by atoms with Crippen molar-refractivity contribution in [2.45, 2.75) is 50.7 Å². The van der Waals surface area contributed by atoms with E-state index in [2.05, 4.69) is 5.32 Å². The summed E-state index contributed by atoms with van der Waals surface area (Å²) in [4.78, 5) is 27.8. The SMILES string of the molecule is COc1cccc([C@H](C(=O)NC2CCCCC2)N(Cc2ccc(F)cc2)C(=O)CCl)c1. The number of ether oxygens (including phenoxy) is 1. The zero-order chi connectivity index (χ0) is 22.2. The van der Waals surface area contributed by atoms with Gasteiger partial charge in [-0.15, -0.1) is 11.6 Å². The summed E-state index contributed by atoms with van der Waals surface area (Å²) >= 11 is 5.92. The molecule has 1 atom stereocenters. The zero-order valence-corrected chi connectivity index (χ0v) is 18.4. The van der Waals surface area contributed by atoms with E-state index >= 15 is 0 Å². The molecular formula is C24H28ClFN2O3. The Hall–Kier alpha value is -2.60. The summed E-state index contributed by atoms with van der Waals surface area (Å²) in [5, 5.41) is 3.13. The van der Waals surface area contributed by atoms with Crippen LogP contribution in [0.3, 0.4) is 0 Å². The van der Waals surface area contributed by atoms with Gasteiger partial charge in [0.25, 0.3) is 0 Å². The molecule has 2 amide bonds. The van der Waals surface area contributed by atoms with Crippen molar-refractivity contribution in [1.82, 2.24) is 10.2 Å². The molecule has 1 aliphatic carbocycles. The second kappa shape index (κ2) is 11.1. The number of halogens is 2. The summed E-state index contributed by atoms with van der Waals surface area (Å²) in [7, 11) is 1.55. The molecule has 1 aliphatic rings. The van der Waals surface area contributed by atoms with Crippen LogP contribution in [0.4, 0.5) is 4.39 Å². The highest BCUT2D eigenvalue weighted by Gasteiger charge is 2.33. The third-order valence-electron chi connectivity index (χ3n) is 5.62. The van der Waals surface area contributed by atoms with Gasteiger partial charge in [-0.2, -0.15) is 0 Å². The number of benzene rings is 2. The number of hydrogen-bond acceptors (Lipinski definition) is 3. The molecule has 3 rings (SSSR count). The minimum atomic E-state index is -0.881. The van der Waals surface area contributed by atoms with Crippen LogP contribution in [0.2, 0.25) is 0 Å². The maximum Gasteiger partial charge on any atom is 0.247 e. The average molecular weight is 447 g/mol. The van der Waals surface area contributed by atoms with E-state index in [9.17, 15) is 14.0 Å². The van der Waals surface area contributed by atoms with Crippen molar-refractivity contribution in [2.75, 3.05) is 13.0 Å². The fraction of sp³-hybridized carbons (Fsp3) is 0.417. The molecule has 166 valence electrons. The van der Waals surface area contributed by atoms with Crippen LogP contribution in [0, 0.1) is 5.82 Å². The van der Waals surface area contributed by atoms with Gasteiger partial charge in [0.15, 0.2) is 0 Å². The Bertz CT molecular complexity index is 885. The lowest BCUT2D eigenvalue weighted by molar-refractivity contribution is -0.140. The molecule has 2 aromatic rings. The first kappa shape index (κ1) is 23.1. The highest BCUT2D eigenvalue weighted by Crippen LogP contribution is 2.28. The molecule has 1 N–H and O–H groups in total. The van der Waals surface area contributed by atoms with Gasteiger partial charge in [0, 0.05) is 12.6 Å². The first-order chi connectivity index (χ1) is 15.0. The molecule has 0 radical (unpaired) electrons. The Labute approximate surface area is 187 Å². The summed E-state index contributed by atoms with van der Waals surface area (Å²) < 4.78 is 18.7. The van der Waals surface area contributed by atoms with Gasteiger partial charge in [-0.05, 0) is 48.2 Å². The van der Waals surface area contributed by atoms with Crippen LogP contribution in [0.5, 0.6) is 5.75 Å². The van der Waals surface area contributed by atoms with E-state index in [1.54, 1.807) is 43.5 Å². The Morgan fingerprint density at radius 1 is 1.16 bits per heavy atom. The molecule has 1 saturated carbocycles. The standard InChI is InChI=1S/C24H28ClFN2O3/c1-31-21-9-5-6-18(14-21)23(24(30)27-20-7-3-2-4-8-20)28(22(29)15-25)16-17-10-12-19(26)13-11-17/h5-6,9-14,20,23H,2-4,7-8,15-16H2,1H3,(H,27,30)/t23-/m1/s1. The molecule has 31 heavy (non-hydrogen) atoms. The average Bonchev–Trinajstić information content (AvgIpc) is 2.80.